The summed E-state index contributed by atoms with van der Waals surface area (Å²) < 4.78 is 12.4. The van der Waals surface area contributed by atoms with Crippen molar-refractivity contribution >= 4 is 6.03 Å². The predicted octanol–water partition coefficient (Wildman–Crippen LogP) is 2.66. The zero-order valence-electron chi connectivity index (χ0n) is 15.4. The zero-order valence-corrected chi connectivity index (χ0v) is 15.4. The van der Waals surface area contributed by atoms with Gasteiger partial charge in [-0.25, -0.2) is 4.79 Å². The first kappa shape index (κ1) is 18.6. The molecule has 2 aromatic rings. The third kappa shape index (κ3) is 4.89. The fraction of sp³-hybridized carbons (Fsp3) is 0.444. The van der Waals surface area contributed by atoms with Gasteiger partial charge in [-0.3, -0.25) is 4.68 Å². The van der Waals surface area contributed by atoms with Crippen LogP contribution in [0.3, 0.4) is 0 Å². The normalized spacial score (nSPS) is 13.0. The predicted molar refractivity (Wildman–Crippen MR) is 96.1 cm³/mol. The summed E-state index contributed by atoms with van der Waals surface area (Å²) >= 11 is 0. The Labute approximate surface area is 148 Å². The maximum absolute atomic E-state index is 12.2. The molecule has 0 aliphatic rings. The fourth-order valence-corrected chi connectivity index (χ4v) is 2.74. The van der Waals surface area contributed by atoms with E-state index in [4.69, 9.17) is 9.47 Å². The van der Waals surface area contributed by atoms with Gasteiger partial charge in [0, 0.05) is 18.4 Å². The van der Waals surface area contributed by atoms with Crippen molar-refractivity contribution < 1.29 is 14.3 Å². The van der Waals surface area contributed by atoms with Crippen LogP contribution in [0.2, 0.25) is 0 Å². The SMILES string of the molecule is COc1cc(C)c([C@@H](C)NC(=O)N[C@H](C)Cn2cccn2)cc1OC. The summed E-state index contributed by atoms with van der Waals surface area (Å²) in [5.74, 6) is 1.32. The quantitative estimate of drug-likeness (QED) is 0.808. The highest BCUT2D eigenvalue weighted by Gasteiger charge is 2.16. The van der Waals surface area contributed by atoms with Crippen molar-refractivity contribution in [3.63, 3.8) is 0 Å². The minimum Gasteiger partial charge on any atom is -0.493 e. The van der Waals surface area contributed by atoms with Crippen molar-refractivity contribution in [3.8, 4) is 11.5 Å². The van der Waals surface area contributed by atoms with E-state index in [1.54, 1.807) is 25.1 Å². The van der Waals surface area contributed by atoms with Crippen LogP contribution in [0, 0.1) is 6.92 Å². The molecule has 2 N–H and O–H groups in total. The lowest BCUT2D eigenvalue weighted by atomic mass is 10.0. The molecule has 0 saturated carbocycles. The zero-order chi connectivity index (χ0) is 18.4. The summed E-state index contributed by atoms with van der Waals surface area (Å²) in [5, 5.41) is 10.0. The molecule has 0 unspecified atom stereocenters. The summed E-state index contributed by atoms with van der Waals surface area (Å²) in [6.45, 7) is 6.47. The molecule has 136 valence electrons. The van der Waals surface area contributed by atoms with Crippen molar-refractivity contribution in [1.82, 2.24) is 20.4 Å². The monoisotopic (exact) mass is 346 g/mol. The largest absolute Gasteiger partial charge is 0.493 e. The molecule has 0 bridgehead atoms. The molecule has 1 aromatic heterocycles. The van der Waals surface area contributed by atoms with E-state index in [-0.39, 0.29) is 18.1 Å². The fourth-order valence-electron chi connectivity index (χ4n) is 2.74. The molecular formula is C18H26N4O3. The number of hydrogen-bond donors (Lipinski definition) is 2. The van der Waals surface area contributed by atoms with Gasteiger partial charge in [-0.15, -0.1) is 0 Å². The van der Waals surface area contributed by atoms with E-state index in [0.717, 1.165) is 11.1 Å². The van der Waals surface area contributed by atoms with Crippen LogP contribution >= 0.6 is 0 Å². The van der Waals surface area contributed by atoms with E-state index in [1.165, 1.54) is 0 Å². The van der Waals surface area contributed by atoms with Gasteiger partial charge in [-0.2, -0.15) is 5.10 Å². The number of hydrogen-bond acceptors (Lipinski definition) is 4. The van der Waals surface area contributed by atoms with E-state index >= 15 is 0 Å². The third-order valence-corrected chi connectivity index (χ3v) is 3.98. The van der Waals surface area contributed by atoms with Crippen LogP contribution in [-0.4, -0.2) is 36.1 Å². The average molecular weight is 346 g/mol. The van der Waals surface area contributed by atoms with E-state index < -0.39 is 0 Å². The first-order valence-corrected chi connectivity index (χ1v) is 8.21. The summed E-state index contributed by atoms with van der Waals surface area (Å²) in [5.41, 5.74) is 2.00. The molecule has 2 rings (SSSR count). The van der Waals surface area contributed by atoms with Crippen LogP contribution in [-0.2, 0) is 6.54 Å². The second-order valence-corrected chi connectivity index (χ2v) is 6.03. The smallest absolute Gasteiger partial charge is 0.315 e. The molecule has 0 spiro atoms. The number of benzene rings is 1. The molecule has 25 heavy (non-hydrogen) atoms. The first-order valence-electron chi connectivity index (χ1n) is 8.21. The Bertz CT molecular complexity index is 701. The Morgan fingerprint density at radius 2 is 1.88 bits per heavy atom. The number of ether oxygens (including phenoxy) is 2. The number of amides is 2. The van der Waals surface area contributed by atoms with Gasteiger partial charge in [0.2, 0.25) is 0 Å². The van der Waals surface area contributed by atoms with Crippen molar-refractivity contribution in [1.29, 1.82) is 0 Å². The van der Waals surface area contributed by atoms with E-state index in [0.29, 0.717) is 18.0 Å². The van der Waals surface area contributed by atoms with Crippen molar-refractivity contribution in [3.05, 3.63) is 41.7 Å². The van der Waals surface area contributed by atoms with Crippen LogP contribution in [0.4, 0.5) is 4.79 Å². The number of methoxy groups -OCH3 is 2. The van der Waals surface area contributed by atoms with Gasteiger partial charge < -0.3 is 20.1 Å². The molecule has 0 aliphatic carbocycles. The minimum absolute atomic E-state index is 0.0430. The maximum Gasteiger partial charge on any atom is 0.315 e. The number of rotatable bonds is 7. The molecule has 7 nitrogen and oxygen atoms in total. The third-order valence-electron chi connectivity index (χ3n) is 3.98. The number of nitrogens with zero attached hydrogens (tertiary/aromatic N) is 2. The number of carbonyl (C=O) groups excluding carboxylic acids is 1. The highest BCUT2D eigenvalue weighted by molar-refractivity contribution is 5.74. The van der Waals surface area contributed by atoms with Gasteiger partial charge in [0.05, 0.1) is 26.8 Å². The Kier molecular flexibility index (Phi) is 6.27. The second kappa shape index (κ2) is 8.41. The Hall–Kier alpha value is -2.70. The van der Waals surface area contributed by atoms with Crippen LogP contribution in [0.15, 0.2) is 30.6 Å². The van der Waals surface area contributed by atoms with E-state index in [2.05, 4.69) is 15.7 Å². The Morgan fingerprint density at radius 1 is 1.20 bits per heavy atom. The van der Waals surface area contributed by atoms with E-state index in [9.17, 15) is 4.79 Å². The van der Waals surface area contributed by atoms with Gasteiger partial charge in [0.15, 0.2) is 11.5 Å². The van der Waals surface area contributed by atoms with Crippen LogP contribution in [0.1, 0.15) is 31.0 Å². The number of urea groups is 1. The van der Waals surface area contributed by atoms with Gasteiger partial charge in [0.25, 0.3) is 0 Å². The topological polar surface area (TPSA) is 77.4 Å². The van der Waals surface area contributed by atoms with Crippen LogP contribution in [0.5, 0.6) is 11.5 Å². The van der Waals surface area contributed by atoms with Crippen molar-refractivity contribution in [2.75, 3.05) is 14.2 Å². The molecule has 2 atom stereocenters. The molecule has 0 radical (unpaired) electrons. The first-order chi connectivity index (χ1) is 11.9. The minimum atomic E-state index is -0.221. The molecule has 0 fully saturated rings. The lowest BCUT2D eigenvalue weighted by Crippen LogP contribution is -2.43. The number of nitrogens with one attached hydrogen (secondary N) is 2. The summed E-state index contributed by atoms with van der Waals surface area (Å²) in [6.07, 6.45) is 3.58. The number of aromatic nitrogens is 2. The lowest BCUT2D eigenvalue weighted by Gasteiger charge is -2.21. The van der Waals surface area contributed by atoms with Gasteiger partial charge in [-0.1, -0.05) is 0 Å². The molecule has 2 amide bonds. The second-order valence-electron chi connectivity index (χ2n) is 6.03. The molecule has 1 heterocycles. The molecular weight excluding hydrogens is 320 g/mol. The molecule has 0 aliphatic heterocycles. The van der Waals surface area contributed by atoms with Gasteiger partial charge in [0.1, 0.15) is 0 Å². The van der Waals surface area contributed by atoms with Crippen molar-refractivity contribution in [2.24, 2.45) is 0 Å². The Morgan fingerprint density at radius 3 is 2.48 bits per heavy atom. The molecule has 1 aromatic carbocycles. The summed E-state index contributed by atoms with van der Waals surface area (Å²) in [6, 6.07) is 5.22. The van der Waals surface area contributed by atoms with Crippen molar-refractivity contribution in [2.45, 2.75) is 39.4 Å². The highest BCUT2D eigenvalue weighted by atomic mass is 16.5. The van der Waals surface area contributed by atoms with Gasteiger partial charge in [-0.05, 0) is 50.1 Å². The molecule has 7 heteroatoms. The molecule has 0 saturated heterocycles. The summed E-state index contributed by atoms with van der Waals surface area (Å²) in [7, 11) is 3.20. The lowest BCUT2D eigenvalue weighted by molar-refractivity contribution is 0.233. The average Bonchev–Trinajstić information content (AvgIpc) is 3.06. The standard InChI is InChI=1S/C18H26N4O3/c1-12-9-16(24-4)17(25-5)10-15(12)14(3)21-18(23)20-13(2)11-22-8-6-7-19-22/h6-10,13-14H,11H2,1-5H3,(H2,20,21,23)/t13-,14-/m1/s1. The summed E-state index contributed by atoms with van der Waals surface area (Å²) in [4.78, 5) is 12.2. The maximum atomic E-state index is 12.2. The van der Waals surface area contributed by atoms with Crippen LogP contribution in [0.25, 0.3) is 0 Å². The van der Waals surface area contributed by atoms with E-state index in [1.807, 2.05) is 45.2 Å². The van der Waals surface area contributed by atoms with Gasteiger partial charge >= 0.3 is 6.03 Å². The highest BCUT2D eigenvalue weighted by Crippen LogP contribution is 2.32. The number of carbonyl (C=O) groups is 1. The van der Waals surface area contributed by atoms with Crippen LogP contribution < -0.4 is 20.1 Å². The Balaban J connectivity index is 1.98. The number of aryl methyl sites for hydroxylation is 1.